The molecule has 0 unspecified atom stereocenters. The Morgan fingerprint density at radius 3 is 2.80 bits per heavy atom. The van der Waals surface area contributed by atoms with Gasteiger partial charge in [0.25, 0.3) is 5.91 Å². The molecule has 0 radical (unpaired) electrons. The summed E-state index contributed by atoms with van der Waals surface area (Å²) in [7, 11) is 0. The molecule has 5 atom stereocenters. The van der Waals surface area contributed by atoms with Gasteiger partial charge in [0, 0.05) is 18.3 Å². The third-order valence-corrected chi connectivity index (χ3v) is 4.75. The number of nitrogens with one attached hydrogen (secondary N) is 2. The third-order valence-electron chi connectivity index (χ3n) is 4.75. The van der Waals surface area contributed by atoms with Crippen molar-refractivity contribution in [1.29, 1.82) is 0 Å². The molecule has 1 fully saturated rings. The lowest BCUT2D eigenvalue weighted by atomic mass is 10.1. The highest BCUT2D eigenvalue weighted by molar-refractivity contribution is 5.87. The summed E-state index contributed by atoms with van der Waals surface area (Å²) in [4.78, 5) is 42.6. The first-order valence-electron chi connectivity index (χ1n) is 8.82. The number of imidazole rings is 2. The van der Waals surface area contributed by atoms with Gasteiger partial charge in [0.05, 0.1) is 12.7 Å². The Balaban J connectivity index is 1.52. The fraction of sp³-hybridized carbons (Fsp3) is 0.375. The van der Waals surface area contributed by atoms with Crippen LogP contribution in [0.2, 0.25) is 0 Å². The molecule has 1 saturated heterocycles. The van der Waals surface area contributed by atoms with Gasteiger partial charge in [-0.05, 0) is 0 Å². The van der Waals surface area contributed by atoms with E-state index in [9.17, 15) is 24.9 Å². The number of carbonyl (C=O) groups excluding carboxylic acids is 1. The van der Waals surface area contributed by atoms with Gasteiger partial charge in [-0.1, -0.05) is 0 Å². The van der Waals surface area contributed by atoms with E-state index in [2.05, 4.69) is 30.2 Å². The van der Waals surface area contributed by atoms with Crippen LogP contribution in [0.25, 0.3) is 11.2 Å². The van der Waals surface area contributed by atoms with Crippen molar-refractivity contribution in [2.24, 2.45) is 0 Å². The number of aliphatic carboxylic acids is 1. The highest BCUT2D eigenvalue weighted by Crippen LogP contribution is 2.32. The molecule has 14 nitrogen and oxygen atoms in total. The zero-order chi connectivity index (χ0) is 21.4. The van der Waals surface area contributed by atoms with Crippen LogP contribution in [-0.2, 0) is 20.7 Å². The highest BCUT2D eigenvalue weighted by atomic mass is 16.6. The van der Waals surface area contributed by atoms with E-state index in [0.717, 1.165) is 0 Å². The van der Waals surface area contributed by atoms with Crippen LogP contribution in [0.3, 0.4) is 0 Å². The van der Waals surface area contributed by atoms with E-state index in [-0.39, 0.29) is 23.4 Å². The summed E-state index contributed by atoms with van der Waals surface area (Å²) in [6.45, 7) is 0. The van der Waals surface area contributed by atoms with E-state index in [4.69, 9.17) is 10.5 Å². The molecule has 3 aromatic heterocycles. The molecule has 4 rings (SSSR count). The second kappa shape index (κ2) is 7.66. The molecule has 1 aliphatic rings. The van der Waals surface area contributed by atoms with Gasteiger partial charge in [-0.3, -0.25) is 9.36 Å². The summed E-state index contributed by atoms with van der Waals surface area (Å²) < 4.78 is 6.87. The first-order valence-corrected chi connectivity index (χ1v) is 8.82. The van der Waals surface area contributed by atoms with Crippen LogP contribution in [0.4, 0.5) is 5.82 Å². The minimum absolute atomic E-state index is 0.0573. The van der Waals surface area contributed by atoms with Crippen molar-refractivity contribution in [3.05, 3.63) is 30.9 Å². The molecular weight excluding hydrogens is 400 g/mol. The smallest absolute Gasteiger partial charge is 0.326 e. The number of amides is 1. The van der Waals surface area contributed by atoms with Gasteiger partial charge in [0.15, 0.2) is 23.8 Å². The molecule has 0 aliphatic carbocycles. The van der Waals surface area contributed by atoms with Crippen LogP contribution in [0, 0.1) is 0 Å². The van der Waals surface area contributed by atoms with Crippen molar-refractivity contribution in [3.63, 3.8) is 0 Å². The summed E-state index contributed by atoms with van der Waals surface area (Å²) in [6.07, 6.45) is -0.611. The fourth-order valence-electron chi connectivity index (χ4n) is 3.23. The molecule has 1 aliphatic heterocycles. The number of nitrogen functional groups attached to an aromatic ring is 1. The molecule has 1 amide bonds. The van der Waals surface area contributed by atoms with Crippen molar-refractivity contribution >= 4 is 28.9 Å². The van der Waals surface area contributed by atoms with Crippen LogP contribution in [0.5, 0.6) is 0 Å². The van der Waals surface area contributed by atoms with Crippen molar-refractivity contribution in [3.8, 4) is 0 Å². The number of H-pyrrole nitrogens is 1. The average Bonchev–Trinajstić information content (AvgIpc) is 3.43. The SMILES string of the molecule is Nc1ncnc2c1ncn2[C@@H]1O[C@H](C(=O)N[C@@H](Cc2cnc[nH]2)C(=O)O)[C@@H](O)[C@H]1O. The molecule has 3 aromatic rings. The van der Waals surface area contributed by atoms with E-state index in [1.54, 1.807) is 0 Å². The van der Waals surface area contributed by atoms with E-state index in [0.29, 0.717) is 5.69 Å². The van der Waals surface area contributed by atoms with Gasteiger partial charge in [0.2, 0.25) is 0 Å². The number of aliphatic hydroxyl groups excluding tert-OH is 2. The van der Waals surface area contributed by atoms with E-state index >= 15 is 0 Å². The molecule has 14 heteroatoms. The molecular formula is C16H18N8O6. The number of aromatic nitrogens is 6. The summed E-state index contributed by atoms with van der Waals surface area (Å²) in [5.41, 5.74) is 6.74. The summed E-state index contributed by atoms with van der Waals surface area (Å²) in [5.74, 6) is -2.06. The van der Waals surface area contributed by atoms with Crippen LogP contribution in [0.15, 0.2) is 25.2 Å². The lowest BCUT2D eigenvalue weighted by Gasteiger charge is -2.18. The normalized spacial score (nSPS) is 24.7. The molecule has 30 heavy (non-hydrogen) atoms. The standard InChI is InChI=1S/C16H18N8O6/c17-12-8-13(21-4-20-12)24(5-22-8)15-10(26)9(25)11(30-15)14(27)23-7(16(28)29)1-6-2-18-3-19-6/h2-5,7,9-11,15,25-26H,1H2,(H,18,19)(H,23,27)(H,28,29)(H2,17,20,21)/t7-,9-,10+,11-,15+/m0/s1. The Kier molecular flexibility index (Phi) is 5.03. The monoisotopic (exact) mass is 418 g/mol. The first kappa shape index (κ1) is 19.7. The zero-order valence-electron chi connectivity index (χ0n) is 15.3. The number of hydrogen-bond acceptors (Lipinski definition) is 10. The number of nitrogens with zero attached hydrogens (tertiary/aromatic N) is 5. The number of fused-ring (bicyclic) bond motifs is 1. The molecule has 4 heterocycles. The van der Waals surface area contributed by atoms with Crippen LogP contribution in [0.1, 0.15) is 11.9 Å². The predicted octanol–water partition coefficient (Wildman–Crippen LogP) is -2.44. The maximum atomic E-state index is 12.6. The number of carboxylic acid groups (broad SMARTS) is 1. The fourth-order valence-corrected chi connectivity index (χ4v) is 3.23. The Bertz CT molecular complexity index is 1070. The minimum Gasteiger partial charge on any atom is -0.480 e. The van der Waals surface area contributed by atoms with Crippen molar-refractivity contribution in [2.75, 3.05) is 5.73 Å². The van der Waals surface area contributed by atoms with Crippen molar-refractivity contribution in [1.82, 2.24) is 34.8 Å². The Hall–Kier alpha value is -3.62. The van der Waals surface area contributed by atoms with Crippen LogP contribution >= 0.6 is 0 Å². The minimum atomic E-state index is -1.62. The largest absolute Gasteiger partial charge is 0.480 e. The number of carboxylic acids is 1. The molecule has 158 valence electrons. The number of aliphatic hydroxyl groups is 2. The van der Waals surface area contributed by atoms with Crippen LogP contribution < -0.4 is 11.1 Å². The van der Waals surface area contributed by atoms with E-state index in [1.165, 1.54) is 29.7 Å². The van der Waals surface area contributed by atoms with Crippen molar-refractivity contribution < 1.29 is 29.6 Å². The first-order chi connectivity index (χ1) is 14.4. The van der Waals surface area contributed by atoms with Crippen LogP contribution in [-0.4, -0.2) is 81.0 Å². The second-order valence-corrected chi connectivity index (χ2v) is 6.69. The third kappa shape index (κ3) is 3.42. The number of carbonyl (C=O) groups is 2. The van der Waals surface area contributed by atoms with Gasteiger partial charge < -0.3 is 36.1 Å². The number of rotatable bonds is 6. The number of anilines is 1. The van der Waals surface area contributed by atoms with E-state index in [1.807, 2.05) is 0 Å². The second-order valence-electron chi connectivity index (χ2n) is 6.69. The van der Waals surface area contributed by atoms with Gasteiger partial charge in [-0.15, -0.1) is 0 Å². The maximum absolute atomic E-state index is 12.6. The Labute approximate surface area is 167 Å². The average molecular weight is 418 g/mol. The summed E-state index contributed by atoms with van der Waals surface area (Å²) in [6, 6.07) is -1.30. The highest BCUT2D eigenvalue weighted by Gasteiger charge is 2.48. The lowest BCUT2D eigenvalue weighted by Crippen LogP contribution is -2.50. The maximum Gasteiger partial charge on any atom is 0.326 e. The number of ether oxygens (including phenoxy) is 1. The van der Waals surface area contributed by atoms with Gasteiger partial charge in [0.1, 0.15) is 30.1 Å². The predicted molar refractivity (Wildman–Crippen MR) is 97.5 cm³/mol. The van der Waals surface area contributed by atoms with Gasteiger partial charge in [-0.25, -0.2) is 24.7 Å². The molecule has 7 N–H and O–H groups in total. The van der Waals surface area contributed by atoms with Gasteiger partial charge >= 0.3 is 5.97 Å². The Morgan fingerprint density at radius 1 is 1.30 bits per heavy atom. The number of hydrogen-bond donors (Lipinski definition) is 6. The molecule has 0 bridgehead atoms. The molecule has 0 spiro atoms. The van der Waals surface area contributed by atoms with E-state index < -0.39 is 42.5 Å². The molecule has 0 aromatic carbocycles. The Morgan fingerprint density at radius 2 is 2.10 bits per heavy atom. The summed E-state index contributed by atoms with van der Waals surface area (Å²) in [5, 5.41) is 32.5. The zero-order valence-corrected chi connectivity index (χ0v) is 15.3. The number of nitrogens with two attached hydrogens (primary N) is 1. The summed E-state index contributed by atoms with van der Waals surface area (Å²) >= 11 is 0. The van der Waals surface area contributed by atoms with Crippen molar-refractivity contribution in [2.45, 2.75) is 37.0 Å². The topological polar surface area (TPSA) is 214 Å². The molecule has 0 saturated carbocycles. The quantitative estimate of drug-likeness (QED) is 0.247. The number of aromatic amines is 1. The lowest BCUT2D eigenvalue weighted by molar-refractivity contribution is -0.146. The van der Waals surface area contributed by atoms with Gasteiger partial charge in [-0.2, -0.15) is 0 Å².